The van der Waals surface area contributed by atoms with Crippen molar-refractivity contribution < 1.29 is 28.5 Å². The number of carboxylic acids is 1. The number of furan rings is 1. The fraction of sp³-hybridized carbons (Fsp3) is 0.615. The Labute approximate surface area is 112 Å². The quantitative estimate of drug-likeness (QED) is 0.655. The zero-order valence-corrected chi connectivity index (χ0v) is 11.3. The molecule has 1 aromatic heterocycles. The number of aryl methyl sites for hydroxylation is 1. The van der Waals surface area contributed by atoms with Crippen molar-refractivity contribution >= 4 is 5.97 Å². The van der Waals surface area contributed by atoms with Crippen LogP contribution in [0.2, 0.25) is 0 Å². The molecule has 1 aromatic rings. The van der Waals surface area contributed by atoms with Gasteiger partial charge >= 0.3 is 5.97 Å². The zero-order chi connectivity index (χ0) is 14.1. The van der Waals surface area contributed by atoms with Crippen LogP contribution in [0.3, 0.4) is 0 Å². The number of methoxy groups -OCH3 is 1. The van der Waals surface area contributed by atoms with E-state index in [4.69, 9.17) is 23.7 Å². The predicted octanol–water partition coefficient (Wildman–Crippen LogP) is 1.86. The molecule has 6 nitrogen and oxygen atoms in total. The highest BCUT2D eigenvalue weighted by Crippen LogP contribution is 2.15. The summed E-state index contributed by atoms with van der Waals surface area (Å²) in [5.74, 6) is -0.568. The smallest absolute Gasteiger partial charge is 0.371 e. The van der Waals surface area contributed by atoms with Crippen LogP contribution in [-0.4, -0.2) is 44.6 Å². The standard InChI is InChI=1S/C13H20O6/c1-10-11(8-12(19-10)13(14)15)9-18-7-6-17-5-3-4-16-2/h8H,3-7,9H2,1-2H3,(H,14,15). The van der Waals surface area contributed by atoms with E-state index < -0.39 is 5.97 Å². The molecule has 0 saturated carbocycles. The number of hydrogen-bond donors (Lipinski definition) is 1. The summed E-state index contributed by atoms with van der Waals surface area (Å²) in [4.78, 5) is 10.7. The predicted molar refractivity (Wildman–Crippen MR) is 67.4 cm³/mol. The van der Waals surface area contributed by atoms with E-state index in [0.717, 1.165) is 12.0 Å². The van der Waals surface area contributed by atoms with Gasteiger partial charge < -0.3 is 23.7 Å². The number of hydrogen-bond acceptors (Lipinski definition) is 5. The molecular weight excluding hydrogens is 252 g/mol. The maximum Gasteiger partial charge on any atom is 0.371 e. The molecule has 1 rings (SSSR count). The Balaban J connectivity index is 2.14. The number of ether oxygens (including phenoxy) is 3. The maximum absolute atomic E-state index is 10.7. The second-order valence-corrected chi connectivity index (χ2v) is 4.01. The molecule has 1 heterocycles. The summed E-state index contributed by atoms with van der Waals surface area (Å²) in [5.41, 5.74) is 0.747. The van der Waals surface area contributed by atoms with Crippen LogP contribution >= 0.6 is 0 Å². The summed E-state index contributed by atoms with van der Waals surface area (Å²) < 4.78 is 20.7. The zero-order valence-electron chi connectivity index (χ0n) is 11.3. The Kier molecular flexibility index (Phi) is 7.17. The highest BCUT2D eigenvalue weighted by Gasteiger charge is 2.12. The van der Waals surface area contributed by atoms with Crippen molar-refractivity contribution in [2.75, 3.05) is 33.5 Å². The van der Waals surface area contributed by atoms with E-state index in [1.165, 1.54) is 6.07 Å². The first-order chi connectivity index (χ1) is 9.15. The van der Waals surface area contributed by atoms with Gasteiger partial charge in [0.2, 0.25) is 5.76 Å². The molecule has 6 heteroatoms. The largest absolute Gasteiger partial charge is 0.475 e. The van der Waals surface area contributed by atoms with Crippen LogP contribution in [0.5, 0.6) is 0 Å². The number of carboxylic acid groups (broad SMARTS) is 1. The monoisotopic (exact) mass is 272 g/mol. The molecule has 0 spiro atoms. The Morgan fingerprint density at radius 1 is 1.26 bits per heavy atom. The third-order valence-electron chi connectivity index (χ3n) is 2.50. The molecule has 0 saturated heterocycles. The number of aromatic carboxylic acids is 1. The van der Waals surface area contributed by atoms with Crippen LogP contribution in [0.15, 0.2) is 10.5 Å². The number of rotatable bonds is 10. The van der Waals surface area contributed by atoms with E-state index in [0.29, 0.717) is 38.8 Å². The average Bonchev–Trinajstić information content (AvgIpc) is 2.74. The molecule has 108 valence electrons. The van der Waals surface area contributed by atoms with Gasteiger partial charge in [0.1, 0.15) is 5.76 Å². The Hall–Kier alpha value is -1.37. The molecule has 0 unspecified atom stereocenters. The molecular formula is C13H20O6. The second kappa shape index (κ2) is 8.68. The Morgan fingerprint density at radius 2 is 2.00 bits per heavy atom. The first-order valence-electron chi connectivity index (χ1n) is 6.12. The lowest BCUT2D eigenvalue weighted by molar-refractivity contribution is 0.0334. The normalized spacial score (nSPS) is 10.8. The van der Waals surface area contributed by atoms with Crippen molar-refractivity contribution in [2.24, 2.45) is 0 Å². The Morgan fingerprint density at radius 3 is 2.63 bits per heavy atom. The summed E-state index contributed by atoms with van der Waals surface area (Å²) >= 11 is 0. The van der Waals surface area contributed by atoms with Crippen molar-refractivity contribution in [3.63, 3.8) is 0 Å². The first kappa shape index (κ1) is 15.7. The molecule has 0 amide bonds. The lowest BCUT2D eigenvalue weighted by Crippen LogP contribution is -2.06. The SMILES string of the molecule is COCCCOCCOCc1cc(C(=O)O)oc1C. The van der Waals surface area contributed by atoms with Gasteiger partial charge in [-0.1, -0.05) is 0 Å². The molecule has 19 heavy (non-hydrogen) atoms. The van der Waals surface area contributed by atoms with Gasteiger partial charge in [-0.3, -0.25) is 0 Å². The number of carbonyl (C=O) groups is 1. The lowest BCUT2D eigenvalue weighted by atomic mass is 10.2. The van der Waals surface area contributed by atoms with E-state index >= 15 is 0 Å². The molecule has 0 bridgehead atoms. The highest BCUT2D eigenvalue weighted by atomic mass is 16.5. The summed E-state index contributed by atoms with van der Waals surface area (Å²) in [6, 6.07) is 1.48. The van der Waals surface area contributed by atoms with Gasteiger partial charge in [0.15, 0.2) is 0 Å². The van der Waals surface area contributed by atoms with Crippen molar-refractivity contribution in [2.45, 2.75) is 20.0 Å². The third kappa shape index (κ3) is 5.87. The summed E-state index contributed by atoms with van der Waals surface area (Å²) in [7, 11) is 1.65. The minimum absolute atomic E-state index is 0.0630. The van der Waals surface area contributed by atoms with Gasteiger partial charge in [0, 0.05) is 25.9 Å². The van der Waals surface area contributed by atoms with Crippen molar-refractivity contribution in [1.29, 1.82) is 0 Å². The van der Waals surface area contributed by atoms with Crippen LogP contribution in [0, 0.1) is 6.92 Å². The summed E-state index contributed by atoms with van der Waals surface area (Å²) in [5, 5.41) is 8.77. The van der Waals surface area contributed by atoms with E-state index in [-0.39, 0.29) is 5.76 Å². The highest BCUT2D eigenvalue weighted by molar-refractivity contribution is 5.84. The van der Waals surface area contributed by atoms with Crippen molar-refractivity contribution in [1.82, 2.24) is 0 Å². The molecule has 0 fully saturated rings. The van der Waals surface area contributed by atoms with E-state index in [2.05, 4.69) is 0 Å². The van der Waals surface area contributed by atoms with Gasteiger partial charge in [-0.15, -0.1) is 0 Å². The van der Waals surface area contributed by atoms with Crippen molar-refractivity contribution in [3.05, 3.63) is 23.2 Å². The molecule has 0 aliphatic carbocycles. The fourth-order valence-corrected chi connectivity index (χ4v) is 1.48. The van der Waals surface area contributed by atoms with E-state index in [9.17, 15) is 4.79 Å². The minimum Gasteiger partial charge on any atom is -0.475 e. The molecule has 0 radical (unpaired) electrons. The summed E-state index contributed by atoms with van der Waals surface area (Å²) in [6.45, 7) is 4.33. The van der Waals surface area contributed by atoms with Crippen LogP contribution in [0.25, 0.3) is 0 Å². The van der Waals surface area contributed by atoms with Crippen LogP contribution in [0.4, 0.5) is 0 Å². The molecule has 0 atom stereocenters. The Bertz CT molecular complexity index is 384. The van der Waals surface area contributed by atoms with Crippen LogP contribution < -0.4 is 0 Å². The minimum atomic E-state index is -1.07. The third-order valence-corrected chi connectivity index (χ3v) is 2.50. The molecule has 0 aliphatic rings. The van der Waals surface area contributed by atoms with Crippen LogP contribution in [0.1, 0.15) is 28.3 Å². The molecule has 0 aromatic carbocycles. The van der Waals surface area contributed by atoms with Crippen LogP contribution in [-0.2, 0) is 20.8 Å². The van der Waals surface area contributed by atoms with Gasteiger partial charge in [-0.05, 0) is 19.4 Å². The topological polar surface area (TPSA) is 78.1 Å². The second-order valence-electron chi connectivity index (χ2n) is 4.01. The van der Waals surface area contributed by atoms with E-state index in [1.807, 2.05) is 0 Å². The summed E-state index contributed by atoms with van der Waals surface area (Å²) in [6.07, 6.45) is 0.860. The van der Waals surface area contributed by atoms with Crippen molar-refractivity contribution in [3.8, 4) is 0 Å². The van der Waals surface area contributed by atoms with Gasteiger partial charge in [0.25, 0.3) is 0 Å². The van der Waals surface area contributed by atoms with Gasteiger partial charge in [-0.2, -0.15) is 0 Å². The lowest BCUT2D eigenvalue weighted by Gasteiger charge is -2.05. The van der Waals surface area contributed by atoms with Gasteiger partial charge in [0.05, 0.1) is 19.8 Å². The molecule has 1 N–H and O–H groups in total. The maximum atomic E-state index is 10.7. The molecule has 0 aliphatic heterocycles. The van der Waals surface area contributed by atoms with Gasteiger partial charge in [-0.25, -0.2) is 4.79 Å². The van der Waals surface area contributed by atoms with E-state index in [1.54, 1.807) is 14.0 Å². The average molecular weight is 272 g/mol. The first-order valence-corrected chi connectivity index (χ1v) is 6.12. The fourth-order valence-electron chi connectivity index (χ4n) is 1.48.